The van der Waals surface area contributed by atoms with E-state index in [1.807, 2.05) is 42.5 Å². The van der Waals surface area contributed by atoms with Gasteiger partial charge >= 0.3 is 0 Å². The lowest BCUT2D eigenvalue weighted by atomic mass is 10.1. The van der Waals surface area contributed by atoms with Crippen molar-refractivity contribution in [3.05, 3.63) is 72.5 Å². The summed E-state index contributed by atoms with van der Waals surface area (Å²) >= 11 is 0. The molecule has 0 unspecified atom stereocenters. The summed E-state index contributed by atoms with van der Waals surface area (Å²) in [6.45, 7) is 1.77. The Hall–Kier alpha value is -2.88. The van der Waals surface area contributed by atoms with E-state index in [1.165, 1.54) is 12.1 Å². The zero-order valence-electron chi connectivity index (χ0n) is 12.7. The normalized spacial score (nSPS) is 11.9. The first kappa shape index (κ1) is 15.0. The summed E-state index contributed by atoms with van der Waals surface area (Å²) in [5.74, 6) is -0.596. The minimum atomic E-state index is -0.445. The number of halogens is 1. The molecule has 0 bridgehead atoms. The van der Waals surface area contributed by atoms with E-state index in [0.29, 0.717) is 5.69 Å². The zero-order valence-corrected chi connectivity index (χ0v) is 12.7. The van der Waals surface area contributed by atoms with Gasteiger partial charge in [-0.15, -0.1) is 0 Å². The third-order valence-corrected chi connectivity index (χ3v) is 3.62. The summed E-state index contributed by atoms with van der Waals surface area (Å²) in [5, 5.41) is 8.12. The average molecular weight is 308 g/mol. The fraction of sp³-hybridized carbons (Fsp3) is 0.105. The van der Waals surface area contributed by atoms with Crippen molar-refractivity contribution in [1.29, 1.82) is 0 Å². The molecular weight excluding hydrogens is 291 g/mol. The Kier molecular flexibility index (Phi) is 4.24. The van der Waals surface area contributed by atoms with Gasteiger partial charge in [-0.2, -0.15) is 0 Å². The number of anilines is 2. The Morgan fingerprint density at radius 2 is 1.70 bits per heavy atom. The Balaban J connectivity index is 1.69. The third-order valence-electron chi connectivity index (χ3n) is 3.62. The molecule has 0 saturated carbocycles. The Morgan fingerprint density at radius 3 is 2.48 bits per heavy atom. The number of benzene rings is 3. The minimum absolute atomic E-state index is 0.219. The second-order valence-corrected chi connectivity index (χ2v) is 5.43. The van der Waals surface area contributed by atoms with Crippen LogP contribution in [0.4, 0.5) is 15.8 Å². The lowest BCUT2D eigenvalue weighted by Gasteiger charge is -2.16. The van der Waals surface area contributed by atoms with E-state index in [9.17, 15) is 9.18 Å². The molecule has 23 heavy (non-hydrogen) atoms. The van der Waals surface area contributed by atoms with E-state index in [-0.39, 0.29) is 11.7 Å². The maximum atomic E-state index is 13.1. The summed E-state index contributed by atoms with van der Waals surface area (Å²) in [4.78, 5) is 12.2. The van der Waals surface area contributed by atoms with Gasteiger partial charge < -0.3 is 10.6 Å². The Labute approximate surface area is 134 Å². The summed E-state index contributed by atoms with van der Waals surface area (Å²) in [7, 11) is 0. The van der Waals surface area contributed by atoms with Crippen LogP contribution in [0.2, 0.25) is 0 Å². The van der Waals surface area contributed by atoms with E-state index in [2.05, 4.69) is 10.6 Å². The summed E-state index contributed by atoms with van der Waals surface area (Å²) in [6, 6.07) is 19.4. The van der Waals surface area contributed by atoms with Crippen LogP contribution >= 0.6 is 0 Å². The highest BCUT2D eigenvalue weighted by molar-refractivity contribution is 5.96. The standard InChI is InChI=1S/C19H17FN2O/c1-13(19(23)22-17-8-4-7-16(20)12-17)21-18-10-9-14-5-2-3-6-15(14)11-18/h2-13,21H,1H3,(H,22,23)/t13-/m1/s1. The Morgan fingerprint density at radius 1 is 0.913 bits per heavy atom. The number of hydrogen-bond donors (Lipinski definition) is 2. The molecule has 3 aromatic rings. The minimum Gasteiger partial charge on any atom is -0.374 e. The van der Waals surface area contributed by atoms with Crippen molar-refractivity contribution in [3.8, 4) is 0 Å². The van der Waals surface area contributed by atoms with Crippen LogP contribution in [0.15, 0.2) is 66.7 Å². The van der Waals surface area contributed by atoms with Crippen LogP contribution in [0.1, 0.15) is 6.92 Å². The van der Waals surface area contributed by atoms with Gasteiger partial charge in [-0.1, -0.05) is 36.4 Å². The molecule has 3 rings (SSSR count). The van der Waals surface area contributed by atoms with E-state index in [0.717, 1.165) is 16.5 Å². The third kappa shape index (κ3) is 3.66. The van der Waals surface area contributed by atoms with Crippen LogP contribution in [-0.2, 0) is 4.79 Å². The molecule has 0 spiro atoms. The molecule has 3 aromatic carbocycles. The molecule has 1 atom stereocenters. The number of nitrogens with one attached hydrogen (secondary N) is 2. The topological polar surface area (TPSA) is 41.1 Å². The maximum absolute atomic E-state index is 13.1. The monoisotopic (exact) mass is 308 g/mol. The van der Waals surface area contributed by atoms with Gasteiger partial charge in [-0.05, 0) is 48.0 Å². The molecule has 4 heteroatoms. The van der Waals surface area contributed by atoms with Crippen molar-refractivity contribution in [2.75, 3.05) is 10.6 Å². The fourth-order valence-electron chi connectivity index (χ4n) is 2.41. The number of carbonyl (C=O) groups excluding carboxylic acids is 1. The maximum Gasteiger partial charge on any atom is 0.246 e. The zero-order chi connectivity index (χ0) is 16.2. The molecule has 0 aromatic heterocycles. The molecule has 0 radical (unpaired) electrons. The van der Waals surface area contributed by atoms with Crippen molar-refractivity contribution in [1.82, 2.24) is 0 Å². The highest BCUT2D eigenvalue weighted by Crippen LogP contribution is 2.19. The summed E-state index contributed by atoms with van der Waals surface area (Å²) in [6.07, 6.45) is 0. The predicted molar refractivity (Wildman–Crippen MR) is 92.1 cm³/mol. The van der Waals surface area contributed by atoms with Crippen LogP contribution in [0.3, 0.4) is 0 Å². The van der Waals surface area contributed by atoms with Gasteiger partial charge in [0.1, 0.15) is 11.9 Å². The molecular formula is C19H17FN2O. The molecule has 0 aliphatic carbocycles. The molecule has 0 aliphatic rings. The first-order valence-electron chi connectivity index (χ1n) is 7.43. The van der Waals surface area contributed by atoms with Crippen molar-refractivity contribution in [2.24, 2.45) is 0 Å². The van der Waals surface area contributed by atoms with Crippen molar-refractivity contribution in [3.63, 3.8) is 0 Å². The van der Waals surface area contributed by atoms with Gasteiger partial charge in [-0.3, -0.25) is 4.79 Å². The first-order valence-corrected chi connectivity index (χ1v) is 7.43. The van der Waals surface area contributed by atoms with Gasteiger partial charge in [0.2, 0.25) is 5.91 Å². The highest BCUT2D eigenvalue weighted by atomic mass is 19.1. The second kappa shape index (κ2) is 6.48. The van der Waals surface area contributed by atoms with Gasteiger partial charge in [0.15, 0.2) is 0 Å². The first-order chi connectivity index (χ1) is 11.1. The number of rotatable bonds is 4. The second-order valence-electron chi connectivity index (χ2n) is 5.43. The predicted octanol–water partition coefficient (Wildman–Crippen LogP) is 4.42. The van der Waals surface area contributed by atoms with Crippen LogP contribution < -0.4 is 10.6 Å². The molecule has 0 saturated heterocycles. The number of hydrogen-bond acceptors (Lipinski definition) is 2. The lowest BCUT2D eigenvalue weighted by Crippen LogP contribution is -2.31. The summed E-state index contributed by atoms with van der Waals surface area (Å²) < 4.78 is 13.1. The van der Waals surface area contributed by atoms with E-state index in [4.69, 9.17) is 0 Å². The number of carbonyl (C=O) groups is 1. The highest BCUT2D eigenvalue weighted by Gasteiger charge is 2.13. The van der Waals surface area contributed by atoms with E-state index in [1.54, 1.807) is 19.1 Å². The van der Waals surface area contributed by atoms with Crippen molar-refractivity contribution < 1.29 is 9.18 Å². The number of fused-ring (bicyclic) bond motifs is 1. The van der Waals surface area contributed by atoms with Gasteiger partial charge in [0.05, 0.1) is 0 Å². The number of amides is 1. The largest absolute Gasteiger partial charge is 0.374 e. The summed E-state index contributed by atoms with van der Waals surface area (Å²) in [5.41, 5.74) is 1.31. The molecule has 116 valence electrons. The molecule has 0 aliphatic heterocycles. The van der Waals surface area contributed by atoms with Crippen LogP contribution in [0.25, 0.3) is 10.8 Å². The molecule has 3 nitrogen and oxygen atoms in total. The SMILES string of the molecule is C[C@@H](Nc1ccc2ccccc2c1)C(=O)Nc1cccc(F)c1. The smallest absolute Gasteiger partial charge is 0.246 e. The van der Waals surface area contributed by atoms with Crippen LogP contribution in [0.5, 0.6) is 0 Å². The van der Waals surface area contributed by atoms with E-state index < -0.39 is 6.04 Å². The van der Waals surface area contributed by atoms with Crippen LogP contribution in [0, 0.1) is 5.82 Å². The van der Waals surface area contributed by atoms with Crippen LogP contribution in [-0.4, -0.2) is 11.9 Å². The van der Waals surface area contributed by atoms with Crippen molar-refractivity contribution in [2.45, 2.75) is 13.0 Å². The van der Waals surface area contributed by atoms with Gasteiger partial charge in [0, 0.05) is 11.4 Å². The van der Waals surface area contributed by atoms with Crippen molar-refractivity contribution >= 4 is 28.1 Å². The molecule has 1 amide bonds. The fourth-order valence-corrected chi connectivity index (χ4v) is 2.41. The van der Waals surface area contributed by atoms with E-state index >= 15 is 0 Å². The van der Waals surface area contributed by atoms with Gasteiger partial charge in [0.25, 0.3) is 0 Å². The molecule has 0 fully saturated rings. The lowest BCUT2D eigenvalue weighted by molar-refractivity contribution is -0.116. The molecule has 2 N–H and O–H groups in total. The van der Waals surface area contributed by atoms with Gasteiger partial charge in [-0.25, -0.2) is 4.39 Å². The quantitative estimate of drug-likeness (QED) is 0.749. The average Bonchev–Trinajstić information content (AvgIpc) is 2.54. The Bertz CT molecular complexity index is 847. The molecule has 0 heterocycles.